The predicted molar refractivity (Wildman–Crippen MR) is 87.3 cm³/mol. The Balaban J connectivity index is 2.16. The maximum Gasteiger partial charge on any atom is 0.148 e. The monoisotopic (exact) mass is 357 g/mol. The maximum absolute atomic E-state index is 6.04. The largest absolute Gasteiger partial charge is 0.483 e. The average Bonchev–Trinajstić information content (AvgIpc) is 2.82. The van der Waals surface area contributed by atoms with Crippen molar-refractivity contribution in [3.05, 3.63) is 45.1 Å². The molecule has 0 amide bonds. The number of benzene rings is 1. The molecular weight excluding hydrogens is 342 g/mol. The number of ether oxygens (including phenoxy) is 1. The Morgan fingerprint density at radius 3 is 2.37 bits per heavy atom. The third-order valence-electron chi connectivity index (χ3n) is 2.67. The van der Waals surface area contributed by atoms with Crippen LogP contribution in [0.15, 0.2) is 45.1 Å². The highest BCUT2D eigenvalue weighted by Crippen LogP contribution is 2.32. The molecule has 1 heterocycles. The van der Waals surface area contributed by atoms with Crippen molar-refractivity contribution in [2.45, 2.75) is 24.0 Å². The molecule has 0 radical (unpaired) electrons. The van der Waals surface area contributed by atoms with Crippen molar-refractivity contribution < 1.29 is 4.74 Å². The lowest BCUT2D eigenvalue weighted by Gasteiger charge is -2.21. The Labute approximate surface area is 130 Å². The molecule has 2 nitrogen and oxygen atoms in total. The van der Waals surface area contributed by atoms with Gasteiger partial charge >= 0.3 is 0 Å². The number of hydrogen-bond acceptors (Lipinski definition) is 4. The fourth-order valence-electron chi connectivity index (χ4n) is 1.71. The fourth-order valence-corrected chi connectivity index (χ4v) is 3.68. The SMILES string of the molecule is CSc1ccc(OC(c2ccc(Br)s2)C(C)N)cc1. The van der Waals surface area contributed by atoms with Crippen LogP contribution in [0.2, 0.25) is 0 Å². The zero-order valence-electron chi connectivity index (χ0n) is 10.8. The van der Waals surface area contributed by atoms with Crippen LogP contribution in [0.25, 0.3) is 0 Å². The van der Waals surface area contributed by atoms with E-state index in [2.05, 4.69) is 40.4 Å². The van der Waals surface area contributed by atoms with E-state index in [0.717, 1.165) is 14.4 Å². The molecule has 0 spiro atoms. The van der Waals surface area contributed by atoms with E-state index < -0.39 is 0 Å². The first kappa shape index (κ1) is 14.9. The van der Waals surface area contributed by atoms with Gasteiger partial charge in [0.25, 0.3) is 0 Å². The molecule has 0 aliphatic rings. The van der Waals surface area contributed by atoms with E-state index in [4.69, 9.17) is 10.5 Å². The molecule has 2 aromatic rings. The average molecular weight is 358 g/mol. The van der Waals surface area contributed by atoms with Crippen molar-refractivity contribution in [1.29, 1.82) is 0 Å². The molecule has 19 heavy (non-hydrogen) atoms. The Bertz CT molecular complexity index is 524. The molecule has 0 bridgehead atoms. The van der Waals surface area contributed by atoms with Gasteiger partial charge in [0.05, 0.1) is 3.79 Å². The second kappa shape index (κ2) is 6.79. The molecule has 0 aliphatic carbocycles. The minimum atomic E-state index is -0.114. The van der Waals surface area contributed by atoms with Gasteiger partial charge in [-0.1, -0.05) is 0 Å². The molecule has 2 atom stereocenters. The fraction of sp³-hybridized carbons (Fsp3) is 0.286. The molecule has 5 heteroatoms. The summed E-state index contributed by atoms with van der Waals surface area (Å²) in [6, 6.07) is 12.1. The number of halogens is 1. The molecule has 0 saturated carbocycles. The van der Waals surface area contributed by atoms with Crippen molar-refractivity contribution >= 4 is 39.0 Å². The van der Waals surface area contributed by atoms with Crippen LogP contribution in [0.4, 0.5) is 0 Å². The second-order valence-corrected chi connectivity index (χ2v) is 7.59. The van der Waals surface area contributed by atoms with Gasteiger partial charge in [-0.25, -0.2) is 0 Å². The molecule has 2 unspecified atom stereocenters. The Morgan fingerprint density at radius 2 is 1.89 bits per heavy atom. The number of thiophene rings is 1. The number of rotatable bonds is 5. The van der Waals surface area contributed by atoms with E-state index in [1.807, 2.05) is 25.1 Å². The highest BCUT2D eigenvalue weighted by molar-refractivity contribution is 9.11. The van der Waals surface area contributed by atoms with E-state index >= 15 is 0 Å². The van der Waals surface area contributed by atoms with E-state index in [1.165, 1.54) is 4.90 Å². The molecule has 1 aromatic heterocycles. The minimum Gasteiger partial charge on any atom is -0.483 e. The van der Waals surface area contributed by atoms with Crippen molar-refractivity contribution in [3.63, 3.8) is 0 Å². The summed E-state index contributed by atoms with van der Waals surface area (Å²) in [5.41, 5.74) is 6.04. The van der Waals surface area contributed by atoms with Crippen LogP contribution < -0.4 is 10.5 Å². The van der Waals surface area contributed by atoms with Crippen LogP contribution in [0, 0.1) is 0 Å². The van der Waals surface area contributed by atoms with Crippen molar-refractivity contribution in [3.8, 4) is 5.75 Å². The normalized spacial score (nSPS) is 14.1. The molecule has 0 saturated heterocycles. The van der Waals surface area contributed by atoms with Gasteiger partial charge in [-0.2, -0.15) is 0 Å². The first-order valence-corrected chi connectivity index (χ1v) is 8.75. The molecule has 2 rings (SSSR count). The molecule has 0 aliphatic heterocycles. The standard InChI is InChI=1S/C14H16BrNOS2/c1-9(16)14(12-7-8-13(15)19-12)17-10-3-5-11(18-2)6-4-10/h3-9,14H,16H2,1-2H3. The third kappa shape index (κ3) is 3.99. The van der Waals surface area contributed by atoms with Crippen LogP contribution in [-0.2, 0) is 0 Å². The summed E-state index contributed by atoms with van der Waals surface area (Å²) < 4.78 is 7.12. The first-order valence-electron chi connectivity index (χ1n) is 5.91. The summed E-state index contributed by atoms with van der Waals surface area (Å²) in [6.07, 6.45) is 1.94. The van der Waals surface area contributed by atoms with E-state index in [1.54, 1.807) is 23.1 Å². The zero-order chi connectivity index (χ0) is 13.8. The van der Waals surface area contributed by atoms with Gasteiger partial charge in [0, 0.05) is 15.8 Å². The van der Waals surface area contributed by atoms with Crippen LogP contribution >= 0.6 is 39.0 Å². The molecule has 102 valence electrons. The Kier molecular flexibility index (Phi) is 5.33. The minimum absolute atomic E-state index is 0.0641. The summed E-state index contributed by atoms with van der Waals surface area (Å²) in [7, 11) is 0. The van der Waals surface area contributed by atoms with Crippen molar-refractivity contribution in [1.82, 2.24) is 0 Å². The summed E-state index contributed by atoms with van der Waals surface area (Å²) in [4.78, 5) is 2.36. The maximum atomic E-state index is 6.04. The van der Waals surface area contributed by atoms with Gasteiger partial charge in [0.2, 0.25) is 0 Å². The Hall–Kier alpha value is -0.490. The van der Waals surface area contributed by atoms with E-state index in [0.29, 0.717) is 0 Å². The first-order chi connectivity index (χ1) is 9.10. The van der Waals surface area contributed by atoms with Crippen molar-refractivity contribution in [2.75, 3.05) is 6.26 Å². The Morgan fingerprint density at radius 1 is 1.21 bits per heavy atom. The number of nitrogens with two attached hydrogens (primary N) is 1. The predicted octanol–water partition coefficient (Wildman–Crippen LogP) is 4.70. The molecular formula is C14H16BrNOS2. The van der Waals surface area contributed by atoms with Crippen LogP contribution in [0.5, 0.6) is 5.75 Å². The topological polar surface area (TPSA) is 35.2 Å². The third-order valence-corrected chi connectivity index (χ3v) is 5.10. The lowest BCUT2D eigenvalue weighted by atomic mass is 10.1. The van der Waals surface area contributed by atoms with Crippen LogP contribution in [0.1, 0.15) is 17.9 Å². The summed E-state index contributed by atoms with van der Waals surface area (Å²) in [5.74, 6) is 0.852. The van der Waals surface area contributed by atoms with Gasteiger partial charge in [-0.3, -0.25) is 0 Å². The summed E-state index contributed by atoms with van der Waals surface area (Å²) in [6.45, 7) is 1.97. The molecule has 2 N–H and O–H groups in total. The van der Waals surface area contributed by atoms with Gasteiger partial charge in [0.15, 0.2) is 0 Å². The summed E-state index contributed by atoms with van der Waals surface area (Å²) in [5, 5.41) is 0. The quantitative estimate of drug-likeness (QED) is 0.787. The van der Waals surface area contributed by atoms with Gasteiger partial charge in [-0.15, -0.1) is 23.1 Å². The van der Waals surface area contributed by atoms with E-state index in [9.17, 15) is 0 Å². The zero-order valence-corrected chi connectivity index (χ0v) is 14.0. The smallest absolute Gasteiger partial charge is 0.148 e. The van der Waals surface area contributed by atoms with Gasteiger partial charge in [0.1, 0.15) is 11.9 Å². The molecule has 0 fully saturated rings. The second-order valence-electron chi connectivity index (χ2n) is 4.21. The van der Waals surface area contributed by atoms with Gasteiger partial charge < -0.3 is 10.5 Å². The van der Waals surface area contributed by atoms with Crippen molar-refractivity contribution in [2.24, 2.45) is 5.73 Å². The lowest BCUT2D eigenvalue weighted by molar-refractivity contribution is 0.184. The number of hydrogen-bond donors (Lipinski definition) is 1. The number of thioether (sulfide) groups is 1. The van der Waals surface area contributed by atoms with Crippen LogP contribution in [0.3, 0.4) is 0 Å². The molecule has 1 aromatic carbocycles. The summed E-state index contributed by atoms with van der Waals surface area (Å²) >= 11 is 6.85. The van der Waals surface area contributed by atoms with Crippen LogP contribution in [-0.4, -0.2) is 12.3 Å². The van der Waals surface area contributed by atoms with Gasteiger partial charge in [-0.05, 0) is 65.5 Å². The van der Waals surface area contributed by atoms with E-state index in [-0.39, 0.29) is 12.1 Å². The highest BCUT2D eigenvalue weighted by Gasteiger charge is 2.20. The highest BCUT2D eigenvalue weighted by atomic mass is 79.9. The lowest BCUT2D eigenvalue weighted by Crippen LogP contribution is -2.28.